The highest BCUT2D eigenvalue weighted by molar-refractivity contribution is 7.80. The van der Waals surface area contributed by atoms with Gasteiger partial charge in [0, 0.05) is 11.8 Å². The number of nitrogens with zero attached hydrogens (tertiary/aromatic N) is 1. The molecule has 1 heterocycles. The molecule has 0 spiro atoms. The minimum absolute atomic E-state index is 0.0296. The van der Waals surface area contributed by atoms with Gasteiger partial charge in [-0.2, -0.15) is 13.2 Å². The van der Waals surface area contributed by atoms with Gasteiger partial charge in [-0.1, -0.05) is 24.4 Å². The van der Waals surface area contributed by atoms with Crippen LogP contribution in [0, 0.1) is 0 Å². The Morgan fingerprint density at radius 3 is 2.67 bits per heavy atom. The predicted octanol–water partition coefficient (Wildman–Crippen LogP) is 3.31. The van der Waals surface area contributed by atoms with Gasteiger partial charge in [0.05, 0.1) is 5.56 Å². The Morgan fingerprint density at radius 2 is 2.00 bits per heavy atom. The molecule has 2 rings (SSSR count). The van der Waals surface area contributed by atoms with Gasteiger partial charge >= 0.3 is 6.18 Å². The fourth-order valence-electron chi connectivity index (χ4n) is 1.70. The van der Waals surface area contributed by atoms with Crippen LogP contribution in [0.25, 0.3) is 0 Å². The summed E-state index contributed by atoms with van der Waals surface area (Å²) in [6.45, 7) is 0.0296. The van der Waals surface area contributed by atoms with E-state index >= 15 is 0 Å². The molecule has 110 valence electrons. The van der Waals surface area contributed by atoms with Crippen LogP contribution in [0.2, 0.25) is 0 Å². The number of hydrogen-bond acceptors (Lipinski definition) is 3. The number of aromatic nitrogens is 1. The summed E-state index contributed by atoms with van der Waals surface area (Å²) in [5.74, 6) is 0.113. The number of ether oxygens (including phenoxy) is 1. The number of hydrogen-bond donors (Lipinski definition) is 1. The molecule has 1 aromatic heterocycles. The van der Waals surface area contributed by atoms with Crippen LogP contribution in [-0.2, 0) is 12.8 Å². The fraction of sp³-hybridized carbons (Fsp3) is 0.143. The van der Waals surface area contributed by atoms with Gasteiger partial charge in [0.2, 0.25) is 0 Å². The quantitative estimate of drug-likeness (QED) is 0.880. The summed E-state index contributed by atoms with van der Waals surface area (Å²) in [6.07, 6.45) is -2.88. The second kappa shape index (κ2) is 6.09. The molecule has 0 unspecified atom stereocenters. The summed E-state index contributed by atoms with van der Waals surface area (Å²) >= 11 is 4.86. The third-order valence-corrected chi connectivity index (χ3v) is 2.87. The molecular weight excluding hydrogens is 301 g/mol. The highest BCUT2D eigenvalue weighted by Crippen LogP contribution is 2.31. The maximum absolute atomic E-state index is 12.6. The monoisotopic (exact) mass is 312 g/mol. The molecular formula is C14H11F3N2OS. The van der Waals surface area contributed by atoms with Gasteiger partial charge in [-0.25, -0.2) is 0 Å². The summed E-state index contributed by atoms with van der Waals surface area (Å²) in [7, 11) is 0. The molecule has 0 aliphatic rings. The first-order valence-electron chi connectivity index (χ1n) is 5.91. The lowest BCUT2D eigenvalue weighted by molar-refractivity contribution is -0.137. The number of thiocarbonyl (C=S) groups is 1. The molecule has 0 amide bonds. The van der Waals surface area contributed by atoms with E-state index in [4.69, 9.17) is 22.7 Å². The summed E-state index contributed by atoms with van der Waals surface area (Å²) in [6, 6.07) is 8.04. The first-order valence-corrected chi connectivity index (χ1v) is 6.32. The third kappa shape index (κ3) is 3.91. The van der Waals surface area contributed by atoms with Crippen molar-refractivity contribution in [1.82, 2.24) is 4.98 Å². The molecule has 0 saturated heterocycles. The van der Waals surface area contributed by atoms with Crippen LogP contribution in [0.15, 0.2) is 42.6 Å². The lowest BCUT2D eigenvalue weighted by Gasteiger charge is -2.11. The van der Waals surface area contributed by atoms with Crippen LogP contribution in [0.4, 0.5) is 13.2 Å². The van der Waals surface area contributed by atoms with Gasteiger partial charge in [0.25, 0.3) is 0 Å². The summed E-state index contributed by atoms with van der Waals surface area (Å²) in [4.78, 5) is 4.13. The van der Waals surface area contributed by atoms with Crippen molar-refractivity contribution < 1.29 is 17.9 Å². The van der Waals surface area contributed by atoms with Gasteiger partial charge in [0.15, 0.2) is 0 Å². The Balaban J connectivity index is 2.16. The second-order valence-electron chi connectivity index (χ2n) is 4.19. The second-order valence-corrected chi connectivity index (χ2v) is 4.63. The normalized spacial score (nSPS) is 11.2. The van der Waals surface area contributed by atoms with E-state index in [0.717, 1.165) is 12.1 Å². The smallest absolute Gasteiger partial charge is 0.416 e. The first kappa shape index (κ1) is 15.2. The molecule has 7 heteroatoms. The van der Waals surface area contributed by atoms with Crippen molar-refractivity contribution in [3.05, 3.63) is 59.4 Å². The van der Waals surface area contributed by atoms with Gasteiger partial charge in [-0.3, -0.25) is 4.98 Å². The Kier molecular flexibility index (Phi) is 4.42. The van der Waals surface area contributed by atoms with E-state index in [1.165, 1.54) is 18.3 Å². The molecule has 1 aromatic carbocycles. The lowest BCUT2D eigenvalue weighted by atomic mass is 10.2. The zero-order chi connectivity index (χ0) is 15.5. The Labute approximate surface area is 124 Å². The molecule has 0 fully saturated rings. The Morgan fingerprint density at radius 1 is 1.24 bits per heavy atom. The van der Waals surface area contributed by atoms with Crippen molar-refractivity contribution in [2.75, 3.05) is 0 Å². The van der Waals surface area contributed by atoms with Crippen molar-refractivity contribution in [2.45, 2.75) is 12.8 Å². The number of benzene rings is 1. The van der Waals surface area contributed by atoms with Crippen LogP contribution in [0.3, 0.4) is 0 Å². The van der Waals surface area contributed by atoms with Crippen LogP contribution in [0.5, 0.6) is 5.75 Å². The molecule has 0 atom stereocenters. The van der Waals surface area contributed by atoms with Gasteiger partial charge < -0.3 is 10.5 Å². The number of halogens is 3. The molecule has 0 bridgehead atoms. The van der Waals surface area contributed by atoms with Gasteiger partial charge in [-0.15, -0.1) is 0 Å². The average Bonchev–Trinajstić information content (AvgIpc) is 2.45. The molecule has 0 aliphatic heterocycles. The number of alkyl halides is 3. The van der Waals surface area contributed by atoms with E-state index < -0.39 is 11.7 Å². The van der Waals surface area contributed by atoms with Crippen LogP contribution >= 0.6 is 12.2 Å². The number of nitrogens with two attached hydrogens (primary N) is 1. The van der Waals surface area contributed by atoms with Crippen LogP contribution < -0.4 is 10.5 Å². The predicted molar refractivity (Wildman–Crippen MR) is 75.9 cm³/mol. The van der Waals surface area contributed by atoms with Crippen LogP contribution in [-0.4, -0.2) is 9.97 Å². The van der Waals surface area contributed by atoms with E-state index in [1.54, 1.807) is 12.1 Å². The first-order chi connectivity index (χ1) is 9.88. The van der Waals surface area contributed by atoms with E-state index in [9.17, 15) is 13.2 Å². The van der Waals surface area contributed by atoms with Crippen molar-refractivity contribution in [3.63, 3.8) is 0 Å². The summed E-state index contributed by atoms with van der Waals surface area (Å²) in [5, 5.41) is 0. The molecule has 21 heavy (non-hydrogen) atoms. The van der Waals surface area contributed by atoms with Crippen molar-refractivity contribution in [1.29, 1.82) is 0 Å². The molecule has 0 saturated carbocycles. The fourth-order valence-corrected chi connectivity index (χ4v) is 1.88. The van der Waals surface area contributed by atoms with E-state index in [1.807, 2.05) is 0 Å². The topological polar surface area (TPSA) is 48.1 Å². The minimum atomic E-state index is -4.41. The standard InChI is InChI=1S/C14H11F3N2OS/c15-14(16,17)10-4-1-5-11(7-10)20-8-9-3-2-6-19-12(9)13(18)21/h1-7H,8H2,(H2,18,21). The van der Waals surface area contributed by atoms with Gasteiger partial charge in [-0.05, 0) is 24.3 Å². The van der Waals surface area contributed by atoms with Crippen molar-refractivity contribution >= 4 is 17.2 Å². The Bertz CT molecular complexity index is 659. The zero-order valence-electron chi connectivity index (χ0n) is 10.7. The largest absolute Gasteiger partial charge is 0.489 e. The summed E-state index contributed by atoms with van der Waals surface area (Å²) in [5.41, 5.74) is 5.78. The third-order valence-electron chi connectivity index (χ3n) is 2.68. The zero-order valence-corrected chi connectivity index (χ0v) is 11.5. The molecule has 0 radical (unpaired) electrons. The van der Waals surface area contributed by atoms with Crippen molar-refractivity contribution in [3.8, 4) is 5.75 Å². The highest BCUT2D eigenvalue weighted by Gasteiger charge is 2.30. The lowest BCUT2D eigenvalue weighted by Crippen LogP contribution is -2.15. The molecule has 3 nitrogen and oxygen atoms in total. The molecule has 2 aromatic rings. The highest BCUT2D eigenvalue weighted by atomic mass is 32.1. The Hall–Kier alpha value is -2.15. The molecule has 0 aliphatic carbocycles. The number of rotatable bonds is 4. The van der Waals surface area contributed by atoms with E-state index in [0.29, 0.717) is 11.3 Å². The average molecular weight is 312 g/mol. The van der Waals surface area contributed by atoms with Crippen molar-refractivity contribution in [2.24, 2.45) is 5.73 Å². The van der Waals surface area contributed by atoms with E-state index in [2.05, 4.69) is 4.98 Å². The number of pyridine rings is 1. The van der Waals surface area contributed by atoms with Crippen LogP contribution in [0.1, 0.15) is 16.8 Å². The maximum Gasteiger partial charge on any atom is 0.416 e. The van der Waals surface area contributed by atoms with E-state index in [-0.39, 0.29) is 17.3 Å². The minimum Gasteiger partial charge on any atom is -0.489 e. The summed E-state index contributed by atoms with van der Waals surface area (Å²) < 4.78 is 43.2. The maximum atomic E-state index is 12.6. The molecule has 2 N–H and O–H groups in total. The SMILES string of the molecule is NC(=S)c1ncccc1COc1cccc(C(F)(F)F)c1. The van der Waals surface area contributed by atoms with Gasteiger partial charge in [0.1, 0.15) is 23.0 Å².